The Kier molecular flexibility index (Phi) is 3.92. The van der Waals surface area contributed by atoms with Crippen LogP contribution in [-0.4, -0.2) is 32.1 Å². The van der Waals surface area contributed by atoms with E-state index in [1.807, 2.05) is 22.9 Å². The maximum Gasteiger partial charge on any atom is 0.141 e. The Hall–Kier alpha value is -1.07. The lowest BCUT2D eigenvalue weighted by Gasteiger charge is -2.15. The minimum atomic E-state index is -1.01. The van der Waals surface area contributed by atoms with Crippen molar-refractivity contribution in [3.05, 3.63) is 24.5 Å². The fourth-order valence-corrected chi connectivity index (χ4v) is 2.50. The number of nitrogens with zero attached hydrogens (tertiary/aromatic N) is 2. The molecule has 0 aliphatic rings. The van der Waals surface area contributed by atoms with Crippen LogP contribution in [0, 0.1) is 0 Å². The maximum atomic E-state index is 5.72. The number of hydrogen-bond acceptors (Lipinski definition) is 2. The Bertz CT molecular complexity index is 533. The summed E-state index contributed by atoms with van der Waals surface area (Å²) < 4.78 is 7.73. The molecule has 2 aromatic heterocycles. The van der Waals surface area contributed by atoms with E-state index in [-0.39, 0.29) is 0 Å². The van der Waals surface area contributed by atoms with Crippen molar-refractivity contribution >= 4 is 32.4 Å². The van der Waals surface area contributed by atoms with Gasteiger partial charge in [-0.3, -0.25) is 0 Å². The van der Waals surface area contributed by atoms with Crippen LogP contribution in [0.2, 0.25) is 25.7 Å². The quantitative estimate of drug-likeness (QED) is 0.607. The van der Waals surface area contributed by atoms with E-state index < -0.39 is 8.07 Å². The molecule has 2 rings (SSSR count). The number of fused-ring (bicyclic) bond motifs is 1. The van der Waals surface area contributed by atoms with Gasteiger partial charge in [0.25, 0.3) is 0 Å². The zero-order valence-corrected chi connectivity index (χ0v) is 12.3. The first-order valence-electron chi connectivity index (χ1n) is 6.24. The summed E-state index contributed by atoms with van der Waals surface area (Å²) in [7, 11) is 4.70. The summed E-state index contributed by atoms with van der Waals surface area (Å²) in [5.74, 6) is 0. The molecule has 0 bridgehead atoms. The van der Waals surface area contributed by atoms with E-state index in [1.54, 1.807) is 6.20 Å². The molecule has 18 heavy (non-hydrogen) atoms. The van der Waals surface area contributed by atoms with Gasteiger partial charge in [0.05, 0.1) is 0 Å². The molecule has 2 aromatic rings. The number of ether oxygens (including phenoxy) is 1. The standard InChI is InChI=1S/C13H19BN2OSi/c1-18(2,3)7-6-17-10-16-5-4-11-8-12(14)9-15-13(11)16/h4-5,8-9H,6-7,10H2,1-3H3. The van der Waals surface area contributed by atoms with Crippen molar-refractivity contribution in [2.45, 2.75) is 32.4 Å². The number of hydrogen-bond donors (Lipinski definition) is 0. The molecule has 2 radical (unpaired) electrons. The van der Waals surface area contributed by atoms with Crippen molar-refractivity contribution in [2.24, 2.45) is 0 Å². The van der Waals surface area contributed by atoms with E-state index in [4.69, 9.17) is 12.6 Å². The molecule has 0 aliphatic heterocycles. The van der Waals surface area contributed by atoms with E-state index in [0.29, 0.717) is 12.2 Å². The number of pyridine rings is 1. The van der Waals surface area contributed by atoms with Gasteiger partial charge in [-0.25, -0.2) is 4.98 Å². The van der Waals surface area contributed by atoms with Gasteiger partial charge >= 0.3 is 0 Å². The van der Waals surface area contributed by atoms with Crippen LogP contribution in [0.5, 0.6) is 0 Å². The molecular weight excluding hydrogens is 239 g/mol. The van der Waals surface area contributed by atoms with E-state index in [9.17, 15) is 0 Å². The molecule has 0 amide bonds. The molecule has 2 heterocycles. The average Bonchev–Trinajstić information content (AvgIpc) is 2.65. The molecule has 0 aliphatic carbocycles. The van der Waals surface area contributed by atoms with E-state index >= 15 is 0 Å². The maximum absolute atomic E-state index is 5.72. The largest absolute Gasteiger partial charge is 0.361 e. The smallest absolute Gasteiger partial charge is 0.141 e. The Balaban J connectivity index is 1.96. The monoisotopic (exact) mass is 258 g/mol. The summed E-state index contributed by atoms with van der Waals surface area (Å²) in [6.45, 7) is 8.44. The average molecular weight is 258 g/mol. The first-order chi connectivity index (χ1) is 8.46. The predicted octanol–water partition coefficient (Wildman–Crippen LogP) is 2.14. The lowest BCUT2D eigenvalue weighted by molar-refractivity contribution is 0.0899. The van der Waals surface area contributed by atoms with Crippen LogP contribution in [-0.2, 0) is 11.5 Å². The third-order valence-corrected chi connectivity index (χ3v) is 4.55. The van der Waals surface area contributed by atoms with Gasteiger partial charge in [-0.1, -0.05) is 31.2 Å². The highest BCUT2D eigenvalue weighted by Crippen LogP contribution is 2.12. The van der Waals surface area contributed by atoms with Crippen LogP contribution in [0.15, 0.2) is 24.5 Å². The third kappa shape index (κ3) is 3.46. The summed E-state index contributed by atoms with van der Waals surface area (Å²) in [5.41, 5.74) is 1.62. The van der Waals surface area contributed by atoms with Gasteiger partial charge in [-0.2, -0.15) is 0 Å². The fraction of sp³-hybridized carbons (Fsp3) is 0.462. The van der Waals surface area contributed by atoms with Gasteiger partial charge in [0, 0.05) is 32.5 Å². The first-order valence-corrected chi connectivity index (χ1v) is 9.94. The van der Waals surface area contributed by atoms with E-state index in [0.717, 1.165) is 17.6 Å². The Morgan fingerprint density at radius 2 is 2.17 bits per heavy atom. The Labute approximate surface area is 111 Å². The van der Waals surface area contributed by atoms with Crippen molar-refractivity contribution in [3.63, 3.8) is 0 Å². The second-order valence-corrected chi connectivity index (χ2v) is 11.4. The molecule has 0 fully saturated rings. The second-order valence-electron chi connectivity index (χ2n) is 5.82. The summed E-state index contributed by atoms with van der Waals surface area (Å²) >= 11 is 0. The van der Waals surface area contributed by atoms with Crippen molar-refractivity contribution in [1.82, 2.24) is 9.55 Å². The van der Waals surface area contributed by atoms with Gasteiger partial charge in [-0.15, -0.1) is 0 Å². The summed E-state index contributed by atoms with van der Waals surface area (Å²) in [6, 6.07) is 5.13. The molecular formula is C13H19BN2OSi. The molecule has 0 saturated heterocycles. The summed E-state index contributed by atoms with van der Waals surface area (Å²) in [6.07, 6.45) is 3.67. The molecule has 0 unspecified atom stereocenters. The minimum Gasteiger partial charge on any atom is -0.361 e. The topological polar surface area (TPSA) is 27.1 Å². The van der Waals surface area contributed by atoms with Gasteiger partial charge in [-0.05, 0) is 12.1 Å². The predicted molar refractivity (Wildman–Crippen MR) is 79.2 cm³/mol. The third-order valence-electron chi connectivity index (χ3n) is 2.85. The second kappa shape index (κ2) is 5.28. The minimum absolute atomic E-state index is 0.560. The van der Waals surface area contributed by atoms with Crippen molar-refractivity contribution in [1.29, 1.82) is 0 Å². The van der Waals surface area contributed by atoms with Crippen LogP contribution in [0.25, 0.3) is 11.0 Å². The highest BCUT2D eigenvalue weighted by atomic mass is 28.3. The van der Waals surface area contributed by atoms with Crippen LogP contribution in [0.1, 0.15) is 0 Å². The van der Waals surface area contributed by atoms with Crippen molar-refractivity contribution in [2.75, 3.05) is 6.61 Å². The number of aromatic nitrogens is 2. The molecule has 94 valence electrons. The van der Waals surface area contributed by atoms with Gasteiger partial charge in [0.2, 0.25) is 0 Å². The van der Waals surface area contributed by atoms with Gasteiger partial charge in [0.15, 0.2) is 0 Å². The molecule has 0 spiro atoms. The van der Waals surface area contributed by atoms with Crippen LogP contribution in [0.4, 0.5) is 0 Å². The highest BCUT2D eigenvalue weighted by Gasteiger charge is 2.12. The zero-order chi connectivity index (χ0) is 13.2. The van der Waals surface area contributed by atoms with Crippen molar-refractivity contribution in [3.8, 4) is 0 Å². The summed E-state index contributed by atoms with van der Waals surface area (Å²) in [5, 5.41) is 1.06. The Morgan fingerprint density at radius 3 is 2.89 bits per heavy atom. The zero-order valence-electron chi connectivity index (χ0n) is 11.3. The van der Waals surface area contributed by atoms with Crippen LogP contribution >= 0.6 is 0 Å². The first kappa shape index (κ1) is 13.4. The van der Waals surface area contributed by atoms with Crippen molar-refractivity contribution < 1.29 is 4.74 Å². The highest BCUT2D eigenvalue weighted by molar-refractivity contribution is 6.76. The number of rotatable bonds is 5. The van der Waals surface area contributed by atoms with E-state index in [2.05, 4.69) is 24.6 Å². The van der Waals surface area contributed by atoms with Gasteiger partial charge < -0.3 is 9.30 Å². The lowest BCUT2D eigenvalue weighted by Crippen LogP contribution is -2.22. The summed E-state index contributed by atoms with van der Waals surface area (Å²) in [4.78, 5) is 4.33. The molecule has 3 nitrogen and oxygen atoms in total. The van der Waals surface area contributed by atoms with E-state index in [1.165, 1.54) is 6.04 Å². The normalized spacial score (nSPS) is 12.2. The van der Waals surface area contributed by atoms with Crippen LogP contribution in [0.3, 0.4) is 0 Å². The SMILES string of the molecule is [B]c1cnc2c(ccn2COCC[Si](C)(C)C)c1. The molecule has 5 heteroatoms. The molecule has 0 saturated carbocycles. The molecule has 0 atom stereocenters. The molecule has 0 N–H and O–H groups in total. The Morgan fingerprint density at radius 1 is 1.39 bits per heavy atom. The lowest BCUT2D eigenvalue weighted by atomic mass is 9.98. The molecule has 0 aromatic carbocycles. The van der Waals surface area contributed by atoms with Gasteiger partial charge in [0.1, 0.15) is 20.2 Å². The van der Waals surface area contributed by atoms with Crippen LogP contribution < -0.4 is 5.46 Å². The fourth-order valence-electron chi connectivity index (χ4n) is 1.74.